The van der Waals surface area contributed by atoms with E-state index in [1.807, 2.05) is 0 Å². The van der Waals surface area contributed by atoms with Gasteiger partial charge in [-0.25, -0.2) is 17.7 Å². The van der Waals surface area contributed by atoms with E-state index in [0.29, 0.717) is 5.69 Å². The number of fused-ring (bicyclic) bond motifs is 1. The zero-order valence-corrected chi connectivity index (χ0v) is 16.6. The Morgan fingerprint density at radius 3 is 2.19 bits per heavy atom. The van der Waals surface area contributed by atoms with Crippen LogP contribution >= 0.6 is 0 Å². The summed E-state index contributed by atoms with van der Waals surface area (Å²) in [6, 6.07) is 13.6. The van der Waals surface area contributed by atoms with Gasteiger partial charge in [0.25, 0.3) is 0 Å². The molecular weight excluding hydrogens is 388 g/mol. The first-order valence-corrected chi connectivity index (χ1v) is 10.8. The van der Waals surface area contributed by atoms with Gasteiger partial charge in [-0.3, -0.25) is 0 Å². The van der Waals surface area contributed by atoms with Crippen LogP contribution in [0.25, 0.3) is 10.9 Å². The van der Waals surface area contributed by atoms with E-state index in [9.17, 15) is 16.8 Å². The molecule has 0 aliphatic carbocycles. The van der Waals surface area contributed by atoms with Crippen molar-refractivity contribution in [3.63, 3.8) is 0 Å². The lowest BCUT2D eigenvalue weighted by molar-refractivity contribution is 0.488. The summed E-state index contributed by atoms with van der Waals surface area (Å²) in [6.07, 6.45) is 0. The largest absolute Gasteiger partial charge is 0.377 e. The minimum absolute atomic E-state index is 0.00390. The van der Waals surface area contributed by atoms with Gasteiger partial charge in [0, 0.05) is 25.2 Å². The van der Waals surface area contributed by atoms with E-state index < -0.39 is 20.1 Å². The molecule has 3 aromatic rings. The fraction of sp³-hybridized carbons (Fsp3) is 0.167. The molecule has 0 aliphatic rings. The zero-order valence-electron chi connectivity index (χ0n) is 14.9. The lowest BCUT2D eigenvalue weighted by Crippen LogP contribution is -2.22. The van der Waals surface area contributed by atoms with E-state index in [0.717, 1.165) is 4.31 Å². The quantitative estimate of drug-likeness (QED) is 0.605. The van der Waals surface area contributed by atoms with Crippen LogP contribution in [-0.2, 0) is 20.1 Å². The number of benzene rings is 2. The molecule has 7 nitrogen and oxygen atoms in total. The highest BCUT2D eigenvalue weighted by Crippen LogP contribution is 2.32. The van der Waals surface area contributed by atoms with Crippen LogP contribution in [0.5, 0.6) is 5.75 Å². The topological polar surface area (TPSA) is 93.6 Å². The second kappa shape index (κ2) is 6.91. The van der Waals surface area contributed by atoms with Crippen LogP contribution in [0.1, 0.15) is 5.69 Å². The monoisotopic (exact) mass is 406 g/mol. The maximum Gasteiger partial charge on any atom is 0.339 e. The Labute approximate surface area is 158 Å². The van der Waals surface area contributed by atoms with Crippen molar-refractivity contribution in [3.8, 4) is 5.75 Å². The minimum Gasteiger partial charge on any atom is -0.377 e. The molecule has 2 aromatic carbocycles. The standard InChI is InChI=1S/C18H18N2O5S2/c1-13-9-10-15-17(26(21,22)20(2)3)12-11-16(18(15)19-13)25-27(23,24)14-7-5-4-6-8-14/h4-12H,1-3H3. The summed E-state index contributed by atoms with van der Waals surface area (Å²) in [5.74, 6) is -0.0322. The van der Waals surface area contributed by atoms with Gasteiger partial charge in [0.15, 0.2) is 5.75 Å². The fourth-order valence-corrected chi connectivity index (χ4v) is 4.54. The summed E-state index contributed by atoms with van der Waals surface area (Å²) in [5.41, 5.74) is 0.765. The van der Waals surface area contributed by atoms with E-state index in [1.54, 1.807) is 37.3 Å². The van der Waals surface area contributed by atoms with E-state index in [1.165, 1.54) is 38.4 Å². The maximum absolute atomic E-state index is 12.6. The molecule has 1 heterocycles. The molecule has 0 saturated carbocycles. The lowest BCUT2D eigenvalue weighted by atomic mass is 10.2. The molecule has 27 heavy (non-hydrogen) atoms. The van der Waals surface area contributed by atoms with Crippen LogP contribution in [0.3, 0.4) is 0 Å². The summed E-state index contributed by atoms with van der Waals surface area (Å²) in [5, 5.41) is 0.287. The second-order valence-electron chi connectivity index (χ2n) is 6.05. The van der Waals surface area contributed by atoms with Gasteiger partial charge in [0.1, 0.15) is 10.4 Å². The number of hydrogen-bond acceptors (Lipinski definition) is 6. The predicted molar refractivity (Wildman–Crippen MR) is 102 cm³/mol. The van der Waals surface area contributed by atoms with Gasteiger partial charge in [-0.2, -0.15) is 8.42 Å². The maximum atomic E-state index is 12.6. The zero-order chi connectivity index (χ0) is 19.8. The van der Waals surface area contributed by atoms with Crippen molar-refractivity contribution in [2.24, 2.45) is 0 Å². The number of aromatic nitrogens is 1. The smallest absolute Gasteiger partial charge is 0.339 e. The second-order valence-corrected chi connectivity index (χ2v) is 9.72. The summed E-state index contributed by atoms with van der Waals surface area (Å²) in [4.78, 5) is 4.34. The van der Waals surface area contributed by atoms with Gasteiger partial charge in [-0.15, -0.1) is 0 Å². The minimum atomic E-state index is -4.08. The lowest BCUT2D eigenvalue weighted by Gasteiger charge is -2.15. The Bertz CT molecular complexity index is 1210. The Balaban J connectivity index is 2.20. The van der Waals surface area contributed by atoms with Crippen LogP contribution in [0.4, 0.5) is 0 Å². The molecule has 142 valence electrons. The van der Waals surface area contributed by atoms with Crippen LogP contribution in [-0.4, -0.2) is 40.2 Å². The van der Waals surface area contributed by atoms with E-state index in [4.69, 9.17) is 4.18 Å². The molecular formula is C18H18N2O5S2. The molecule has 0 N–H and O–H groups in total. The Hall–Kier alpha value is -2.49. The molecule has 3 rings (SSSR count). The summed E-state index contributed by atoms with van der Waals surface area (Å²) in [6.45, 7) is 1.72. The number of pyridine rings is 1. The number of hydrogen-bond donors (Lipinski definition) is 0. The summed E-state index contributed by atoms with van der Waals surface area (Å²) < 4.78 is 56.6. The molecule has 1 aromatic heterocycles. The highest BCUT2D eigenvalue weighted by molar-refractivity contribution is 7.89. The van der Waals surface area contributed by atoms with E-state index in [2.05, 4.69) is 4.98 Å². The average Bonchev–Trinajstić information content (AvgIpc) is 2.62. The van der Waals surface area contributed by atoms with Gasteiger partial charge in [0.2, 0.25) is 10.0 Å². The highest BCUT2D eigenvalue weighted by atomic mass is 32.2. The predicted octanol–water partition coefficient (Wildman–Crippen LogP) is 2.56. The Morgan fingerprint density at radius 1 is 0.889 bits per heavy atom. The molecule has 0 unspecified atom stereocenters. The van der Waals surface area contributed by atoms with Crippen LogP contribution < -0.4 is 4.18 Å². The van der Waals surface area contributed by atoms with Gasteiger partial charge < -0.3 is 4.18 Å². The molecule has 0 saturated heterocycles. The van der Waals surface area contributed by atoms with Crippen molar-refractivity contribution in [3.05, 3.63) is 60.3 Å². The molecule has 0 bridgehead atoms. The fourth-order valence-electron chi connectivity index (χ4n) is 2.51. The molecule has 0 spiro atoms. The van der Waals surface area contributed by atoms with Gasteiger partial charge in [-0.05, 0) is 43.3 Å². The third-order valence-electron chi connectivity index (χ3n) is 3.91. The Morgan fingerprint density at radius 2 is 1.56 bits per heavy atom. The van der Waals surface area contributed by atoms with Crippen molar-refractivity contribution < 1.29 is 21.0 Å². The molecule has 9 heteroatoms. The van der Waals surface area contributed by atoms with Crippen molar-refractivity contribution in [1.82, 2.24) is 9.29 Å². The summed E-state index contributed by atoms with van der Waals surface area (Å²) in [7, 11) is -4.98. The van der Waals surface area contributed by atoms with Crippen LogP contribution in [0, 0.1) is 6.92 Å². The van der Waals surface area contributed by atoms with Crippen molar-refractivity contribution in [1.29, 1.82) is 0 Å². The van der Waals surface area contributed by atoms with Gasteiger partial charge >= 0.3 is 10.1 Å². The first-order valence-electron chi connectivity index (χ1n) is 7.95. The van der Waals surface area contributed by atoms with E-state index >= 15 is 0 Å². The van der Waals surface area contributed by atoms with Crippen molar-refractivity contribution >= 4 is 31.0 Å². The molecule has 0 radical (unpaired) electrons. The number of aryl methyl sites for hydroxylation is 1. The van der Waals surface area contributed by atoms with Crippen molar-refractivity contribution in [2.75, 3.05) is 14.1 Å². The third-order valence-corrected chi connectivity index (χ3v) is 7.03. The molecule has 0 fully saturated rings. The molecule has 0 aliphatic heterocycles. The number of sulfonamides is 1. The van der Waals surface area contributed by atoms with Gasteiger partial charge in [-0.1, -0.05) is 18.2 Å². The first kappa shape index (κ1) is 19.3. The number of nitrogens with zero attached hydrogens (tertiary/aromatic N) is 2. The third kappa shape index (κ3) is 3.66. The normalized spacial score (nSPS) is 12.4. The summed E-state index contributed by atoms with van der Waals surface area (Å²) >= 11 is 0. The average molecular weight is 406 g/mol. The SMILES string of the molecule is Cc1ccc2c(S(=O)(=O)N(C)C)ccc(OS(=O)(=O)c3ccccc3)c2n1. The highest BCUT2D eigenvalue weighted by Gasteiger charge is 2.24. The van der Waals surface area contributed by atoms with Crippen LogP contribution in [0.2, 0.25) is 0 Å². The molecule has 0 amide bonds. The first-order chi connectivity index (χ1) is 12.6. The van der Waals surface area contributed by atoms with Crippen molar-refractivity contribution in [2.45, 2.75) is 16.7 Å². The Kier molecular flexibility index (Phi) is 4.94. The number of rotatable bonds is 5. The van der Waals surface area contributed by atoms with E-state index in [-0.39, 0.29) is 26.4 Å². The molecule has 0 atom stereocenters. The van der Waals surface area contributed by atoms with Crippen LogP contribution in [0.15, 0.2) is 64.4 Å². The van der Waals surface area contributed by atoms with Gasteiger partial charge in [0.05, 0.1) is 4.90 Å².